The van der Waals surface area contributed by atoms with Gasteiger partial charge in [0.15, 0.2) is 0 Å². The van der Waals surface area contributed by atoms with Crippen molar-refractivity contribution in [1.82, 2.24) is 0 Å². The molecule has 0 fully saturated rings. The Labute approximate surface area is 72.1 Å². The average Bonchev–Trinajstić information content (AvgIpc) is 2.16. The number of hydrogen-bond donors (Lipinski definition) is 1. The number of para-hydroxylation sites is 1. The zero-order valence-corrected chi connectivity index (χ0v) is 6.68. The molecule has 0 aliphatic heterocycles. The van der Waals surface area contributed by atoms with Gasteiger partial charge in [-0.05, 0) is 12.1 Å². The van der Waals surface area contributed by atoms with Gasteiger partial charge in [0.1, 0.15) is 18.5 Å². The number of aliphatic hydroxyl groups is 1. The highest BCUT2D eigenvalue weighted by Crippen LogP contribution is 2.08. The lowest BCUT2D eigenvalue weighted by Crippen LogP contribution is -2.13. The highest BCUT2D eigenvalue weighted by atomic mass is 16.5. The Bertz CT molecular complexity index is 231. The van der Waals surface area contributed by atoms with E-state index in [-0.39, 0.29) is 6.61 Å². The smallest absolute Gasteiger partial charge is 0.119 e. The van der Waals surface area contributed by atoms with Gasteiger partial charge in [0.2, 0.25) is 0 Å². The van der Waals surface area contributed by atoms with E-state index in [0.29, 0.717) is 0 Å². The summed E-state index contributed by atoms with van der Waals surface area (Å²) in [4.78, 5) is 0. The molecule has 1 aromatic carbocycles. The van der Waals surface area contributed by atoms with E-state index in [2.05, 4.69) is 0 Å². The van der Waals surface area contributed by atoms with Gasteiger partial charge >= 0.3 is 0 Å². The molecule has 1 unspecified atom stereocenters. The Morgan fingerprint density at radius 3 is 2.67 bits per heavy atom. The largest absolute Gasteiger partial charge is 0.491 e. The molecule has 1 aromatic rings. The van der Waals surface area contributed by atoms with E-state index in [4.69, 9.17) is 16.4 Å². The lowest BCUT2D eigenvalue weighted by molar-refractivity contribution is 0.144. The topological polar surface area (TPSA) is 29.5 Å². The van der Waals surface area contributed by atoms with Crippen molar-refractivity contribution in [2.24, 2.45) is 0 Å². The van der Waals surface area contributed by atoms with Crippen LogP contribution in [0.5, 0.6) is 5.75 Å². The van der Waals surface area contributed by atoms with Crippen molar-refractivity contribution in [3.8, 4) is 5.75 Å². The second-order valence-electron chi connectivity index (χ2n) is 2.38. The van der Waals surface area contributed by atoms with Crippen LogP contribution < -0.4 is 4.74 Å². The summed E-state index contributed by atoms with van der Waals surface area (Å²) >= 11 is 0. The number of benzene rings is 1. The van der Waals surface area contributed by atoms with E-state index in [1.807, 2.05) is 30.3 Å². The lowest BCUT2D eigenvalue weighted by atomic mass is 10.3. The van der Waals surface area contributed by atoms with E-state index in [9.17, 15) is 0 Å². The van der Waals surface area contributed by atoms with Gasteiger partial charge in [-0.25, -0.2) is 0 Å². The summed E-state index contributed by atoms with van der Waals surface area (Å²) in [6.45, 7) is 5.28. The first-order valence-corrected chi connectivity index (χ1v) is 3.74. The molecule has 1 radical (unpaired) electrons. The van der Waals surface area contributed by atoms with E-state index in [1.54, 1.807) is 0 Å². The van der Waals surface area contributed by atoms with E-state index >= 15 is 0 Å². The summed E-state index contributed by atoms with van der Waals surface area (Å²) in [6, 6.07) is 9.28. The van der Waals surface area contributed by atoms with Crippen molar-refractivity contribution >= 4 is 0 Å². The van der Waals surface area contributed by atoms with Gasteiger partial charge in [-0.2, -0.15) is 0 Å². The molecule has 1 rings (SSSR count). The molecule has 1 N–H and O–H groups in total. The highest BCUT2D eigenvalue weighted by molar-refractivity contribution is 5.20. The maximum absolute atomic E-state index is 9.01. The van der Waals surface area contributed by atoms with Crippen molar-refractivity contribution in [3.05, 3.63) is 43.0 Å². The predicted molar refractivity (Wildman–Crippen MR) is 46.8 cm³/mol. The van der Waals surface area contributed by atoms with Crippen molar-refractivity contribution in [1.29, 1.82) is 0 Å². The van der Waals surface area contributed by atoms with Crippen LogP contribution in [0.25, 0.3) is 0 Å². The molecular formula is C10H11O2. The summed E-state index contributed by atoms with van der Waals surface area (Å²) in [5, 5.41) is 9.01. The van der Waals surface area contributed by atoms with Crippen molar-refractivity contribution in [3.63, 3.8) is 0 Å². The Morgan fingerprint density at radius 1 is 1.42 bits per heavy atom. The fourth-order valence-electron chi connectivity index (χ4n) is 0.754. The molecule has 1 atom stereocenters. The first kappa shape index (κ1) is 8.81. The monoisotopic (exact) mass is 163 g/mol. The minimum absolute atomic E-state index is 0.195. The Balaban J connectivity index is 2.38. The third kappa shape index (κ3) is 2.76. The van der Waals surface area contributed by atoms with Crippen LogP contribution in [0.2, 0.25) is 0 Å². The molecule has 2 heteroatoms. The van der Waals surface area contributed by atoms with Gasteiger partial charge in [-0.15, -0.1) is 0 Å². The second kappa shape index (κ2) is 4.57. The lowest BCUT2D eigenvalue weighted by Gasteiger charge is -2.07. The molecule has 0 saturated heterocycles. The fraction of sp³-hybridized carbons (Fsp3) is 0.200. The van der Waals surface area contributed by atoms with Crippen LogP contribution in [0.4, 0.5) is 0 Å². The predicted octanol–water partition coefficient (Wildman–Crippen LogP) is 1.42. The van der Waals surface area contributed by atoms with Crippen molar-refractivity contribution in [2.75, 3.05) is 6.61 Å². The van der Waals surface area contributed by atoms with Gasteiger partial charge in [0, 0.05) is 0 Å². The van der Waals surface area contributed by atoms with Gasteiger partial charge in [0.25, 0.3) is 0 Å². The molecule has 0 aromatic heterocycles. The molecule has 12 heavy (non-hydrogen) atoms. The van der Waals surface area contributed by atoms with Crippen LogP contribution in [0.15, 0.2) is 36.4 Å². The van der Waals surface area contributed by atoms with Crippen LogP contribution in [-0.4, -0.2) is 17.8 Å². The van der Waals surface area contributed by atoms with Crippen LogP contribution in [0, 0.1) is 6.58 Å². The van der Waals surface area contributed by atoms with E-state index in [0.717, 1.165) is 5.75 Å². The quantitative estimate of drug-likeness (QED) is 0.727. The maximum Gasteiger partial charge on any atom is 0.119 e. The maximum atomic E-state index is 9.01. The van der Waals surface area contributed by atoms with Gasteiger partial charge in [0.05, 0.1) is 0 Å². The Kier molecular flexibility index (Phi) is 3.35. The zero-order valence-electron chi connectivity index (χ0n) is 6.68. The zero-order chi connectivity index (χ0) is 8.81. The molecule has 0 bridgehead atoms. The number of aliphatic hydroxyl groups excluding tert-OH is 1. The summed E-state index contributed by atoms with van der Waals surface area (Å²) in [5.41, 5.74) is 0. The summed E-state index contributed by atoms with van der Waals surface area (Å²) in [6.07, 6.45) is 0.494. The fourth-order valence-corrected chi connectivity index (χ4v) is 0.754. The Morgan fingerprint density at radius 2 is 2.08 bits per heavy atom. The molecular weight excluding hydrogens is 152 g/mol. The van der Waals surface area contributed by atoms with E-state index < -0.39 is 6.10 Å². The SMILES string of the molecule is [CH]=CC(O)COc1ccccc1. The molecule has 0 aliphatic carbocycles. The number of ether oxygens (including phenoxy) is 1. The standard InChI is InChI=1S/C10H11O2/c1-2-9(11)8-12-10-6-4-3-5-7-10/h1-7,9,11H,8H2. The van der Waals surface area contributed by atoms with Crippen LogP contribution in [-0.2, 0) is 0 Å². The summed E-state index contributed by atoms with van der Waals surface area (Å²) < 4.78 is 5.20. The minimum atomic E-state index is -0.704. The molecule has 2 nitrogen and oxygen atoms in total. The summed E-state index contributed by atoms with van der Waals surface area (Å²) in [7, 11) is 0. The van der Waals surface area contributed by atoms with Gasteiger partial charge < -0.3 is 9.84 Å². The van der Waals surface area contributed by atoms with Crippen molar-refractivity contribution in [2.45, 2.75) is 6.10 Å². The first-order valence-electron chi connectivity index (χ1n) is 3.74. The molecule has 0 amide bonds. The van der Waals surface area contributed by atoms with Gasteiger partial charge in [-0.3, -0.25) is 0 Å². The van der Waals surface area contributed by atoms with Crippen molar-refractivity contribution < 1.29 is 9.84 Å². The van der Waals surface area contributed by atoms with Crippen LogP contribution >= 0.6 is 0 Å². The minimum Gasteiger partial charge on any atom is -0.491 e. The molecule has 0 heterocycles. The molecule has 0 spiro atoms. The third-order valence-electron chi connectivity index (χ3n) is 1.39. The van der Waals surface area contributed by atoms with E-state index in [1.165, 1.54) is 6.08 Å². The summed E-state index contributed by atoms with van der Waals surface area (Å²) in [5.74, 6) is 0.735. The Hall–Kier alpha value is -1.28. The second-order valence-corrected chi connectivity index (χ2v) is 2.38. The molecule has 0 aliphatic rings. The first-order chi connectivity index (χ1) is 5.83. The average molecular weight is 163 g/mol. The number of hydrogen-bond acceptors (Lipinski definition) is 2. The highest BCUT2D eigenvalue weighted by Gasteiger charge is 1.97. The molecule has 0 saturated carbocycles. The van der Waals surface area contributed by atoms with Crippen LogP contribution in [0.1, 0.15) is 0 Å². The molecule has 63 valence electrons. The van der Waals surface area contributed by atoms with Crippen LogP contribution in [0.3, 0.4) is 0 Å². The third-order valence-corrected chi connectivity index (χ3v) is 1.39. The number of rotatable bonds is 4. The van der Waals surface area contributed by atoms with Gasteiger partial charge in [-0.1, -0.05) is 30.9 Å². The normalized spacial score (nSPS) is 12.1.